The molecule has 1 aromatic rings. The summed E-state index contributed by atoms with van der Waals surface area (Å²) < 4.78 is 0. The van der Waals surface area contributed by atoms with E-state index in [4.69, 9.17) is 10.8 Å². The number of nitrogens with two attached hydrogens (primary N) is 1. The fraction of sp³-hybridized carbons (Fsp3) is 0.200. The number of benzene rings is 1. The summed E-state index contributed by atoms with van der Waals surface area (Å²) in [5, 5.41) is 8.55. The lowest BCUT2D eigenvalue weighted by molar-refractivity contribution is -0.136. The molecule has 0 aliphatic heterocycles. The number of amides is 1. The molecule has 0 aliphatic carbocycles. The Hall–Kier alpha value is -1.49. The maximum atomic E-state index is 10.5. The second-order valence-electron chi connectivity index (χ2n) is 2.97. The Morgan fingerprint density at radius 2 is 1.87 bits per heavy atom. The summed E-state index contributed by atoms with van der Waals surface area (Å²) in [6.07, 6.45) is 0.0146. The summed E-state index contributed by atoms with van der Waals surface area (Å²) in [4.78, 5) is 21.8. The number of hydrogen-bond donors (Lipinski definition) is 2. The van der Waals surface area contributed by atoms with E-state index in [1.165, 1.54) is 11.8 Å². The van der Waals surface area contributed by atoms with Crippen LogP contribution in [-0.2, 0) is 16.0 Å². The van der Waals surface area contributed by atoms with Crippen LogP contribution in [0.3, 0.4) is 0 Å². The van der Waals surface area contributed by atoms with Crippen LogP contribution in [0.5, 0.6) is 0 Å². The van der Waals surface area contributed by atoms with E-state index in [1.54, 1.807) is 24.3 Å². The molecule has 0 atom stereocenters. The normalized spacial score (nSPS) is 9.87. The maximum absolute atomic E-state index is 10.5. The highest BCUT2D eigenvalue weighted by Gasteiger charge is 2.01. The van der Waals surface area contributed by atoms with Crippen molar-refractivity contribution in [3.05, 3.63) is 29.8 Å². The zero-order valence-electron chi connectivity index (χ0n) is 7.97. The number of carbonyl (C=O) groups is 2. The molecule has 0 aromatic heterocycles. The van der Waals surface area contributed by atoms with Gasteiger partial charge in [-0.25, -0.2) is 0 Å². The molecule has 0 fully saturated rings. The second kappa shape index (κ2) is 5.41. The SMILES string of the molecule is NC(=O)CSc1ccc(CC(=O)O)cc1. The summed E-state index contributed by atoms with van der Waals surface area (Å²) in [5.41, 5.74) is 5.74. The predicted octanol–water partition coefficient (Wildman–Crippen LogP) is 0.891. The third-order valence-corrected chi connectivity index (χ3v) is 2.69. The van der Waals surface area contributed by atoms with Gasteiger partial charge in [0.15, 0.2) is 0 Å². The molecular weight excluding hydrogens is 214 g/mol. The molecule has 4 nitrogen and oxygen atoms in total. The lowest BCUT2D eigenvalue weighted by Crippen LogP contribution is -2.12. The number of rotatable bonds is 5. The van der Waals surface area contributed by atoms with Crippen molar-refractivity contribution in [3.8, 4) is 0 Å². The Bertz CT molecular complexity index is 361. The van der Waals surface area contributed by atoms with E-state index in [2.05, 4.69) is 0 Å². The van der Waals surface area contributed by atoms with E-state index >= 15 is 0 Å². The molecule has 0 saturated heterocycles. The topological polar surface area (TPSA) is 80.4 Å². The number of aliphatic carboxylic acids is 1. The number of carboxylic acids is 1. The van der Waals surface area contributed by atoms with Gasteiger partial charge in [-0.05, 0) is 17.7 Å². The quantitative estimate of drug-likeness (QED) is 0.729. The van der Waals surface area contributed by atoms with Gasteiger partial charge in [-0.15, -0.1) is 11.8 Å². The number of hydrogen-bond acceptors (Lipinski definition) is 3. The number of thioether (sulfide) groups is 1. The van der Waals surface area contributed by atoms with Gasteiger partial charge in [0.1, 0.15) is 0 Å². The van der Waals surface area contributed by atoms with E-state index in [1.807, 2.05) is 0 Å². The van der Waals surface area contributed by atoms with Gasteiger partial charge in [0.2, 0.25) is 5.91 Å². The van der Waals surface area contributed by atoms with Crippen LogP contribution in [0.15, 0.2) is 29.2 Å². The van der Waals surface area contributed by atoms with Gasteiger partial charge in [0.25, 0.3) is 0 Å². The minimum absolute atomic E-state index is 0.0146. The Balaban J connectivity index is 2.56. The van der Waals surface area contributed by atoms with Crippen molar-refractivity contribution in [1.29, 1.82) is 0 Å². The molecule has 0 aliphatic rings. The highest BCUT2D eigenvalue weighted by Crippen LogP contribution is 2.17. The lowest BCUT2D eigenvalue weighted by Gasteiger charge is -2.00. The molecular formula is C10H11NO3S. The molecule has 0 saturated carbocycles. The predicted molar refractivity (Wildman–Crippen MR) is 57.7 cm³/mol. The third-order valence-electron chi connectivity index (χ3n) is 1.66. The minimum Gasteiger partial charge on any atom is -0.481 e. The third kappa shape index (κ3) is 4.51. The lowest BCUT2D eigenvalue weighted by atomic mass is 10.2. The van der Waals surface area contributed by atoms with E-state index in [0.717, 1.165) is 10.5 Å². The van der Waals surface area contributed by atoms with Crippen molar-refractivity contribution >= 4 is 23.6 Å². The van der Waals surface area contributed by atoms with Crippen LogP contribution in [0.2, 0.25) is 0 Å². The number of carboxylic acid groups (broad SMARTS) is 1. The summed E-state index contributed by atoms with van der Waals surface area (Å²) in [6.45, 7) is 0. The average molecular weight is 225 g/mol. The van der Waals surface area contributed by atoms with Crippen LogP contribution in [0.4, 0.5) is 0 Å². The molecule has 1 amide bonds. The van der Waals surface area contributed by atoms with E-state index in [-0.39, 0.29) is 18.1 Å². The second-order valence-corrected chi connectivity index (χ2v) is 4.02. The average Bonchev–Trinajstić information content (AvgIpc) is 2.16. The molecule has 1 aromatic carbocycles. The van der Waals surface area contributed by atoms with Crippen LogP contribution in [0, 0.1) is 0 Å². The van der Waals surface area contributed by atoms with Gasteiger partial charge in [-0.1, -0.05) is 12.1 Å². The van der Waals surface area contributed by atoms with Crippen LogP contribution in [-0.4, -0.2) is 22.7 Å². The molecule has 0 heterocycles. The highest BCUT2D eigenvalue weighted by molar-refractivity contribution is 8.00. The summed E-state index contributed by atoms with van der Waals surface area (Å²) in [6, 6.07) is 7.03. The van der Waals surface area contributed by atoms with Crippen molar-refractivity contribution in [3.63, 3.8) is 0 Å². The Labute approximate surface area is 91.5 Å². The van der Waals surface area contributed by atoms with Gasteiger partial charge in [0, 0.05) is 4.90 Å². The van der Waals surface area contributed by atoms with E-state index in [0.29, 0.717) is 0 Å². The van der Waals surface area contributed by atoms with Crippen molar-refractivity contribution in [1.82, 2.24) is 0 Å². The van der Waals surface area contributed by atoms with E-state index < -0.39 is 5.97 Å². The van der Waals surface area contributed by atoms with Crippen molar-refractivity contribution in [2.24, 2.45) is 5.73 Å². The number of primary amides is 1. The monoisotopic (exact) mass is 225 g/mol. The van der Waals surface area contributed by atoms with E-state index in [9.17, 15) is 9.59 Å². The van der Waals surface area contributed by atoms with Gasteiger partial charge < -0.3 is 10.8 Å². The van der Waals surface area contributed by atoms with Crippen molar-refractivity contribution in [2.75, 3.05) is 5.75 Å². The molecule has 3 N–H and O–H groups in total. The summed E-state index contributed by atoms with van der Waals surface area (Å²) in [5.74, 6) is -0.986. The summed E-state index contributed by atoms with van der Waals surface area (Å²) in [7, 11) is 0. The zero-order chi connectivity index (χ0) is 11.3. The Morgan fingerprint density at radius 3 is 2.33 bits per heavy atom. The molecule has 0 bridgehead atoms. The van der Waals surface area contributed by atoms with Gasteiger partial charge in [-0.3, -0.25) is 9.59 Å². The summed E-state index contributed by atoms with van der Waals surface area (Å²) >= 11 is 1.33. The first-order valence-corrected chi connectivity index (χ1v) is 5.28. The van der Waals surface area contributed by atoms with Crippen LogP contribution in [0.25, 0.3) is 0 Å². The van der Waals surface area contributed by atoms with Gasteiger partial charge >= 0.3 is 5.97 Å². The largest absolute Gasteiger partial charge is 0.481 e. The molecule has 15 heavy (non-hydrogen) atoms. The molecule has 0 spiro atoms. The highest BCUT2D eigenvalue weighted by atomic mass is 32.2. The fourth-order valence-corrected chi connectivity index (χ4v) is 1.67. The minimum atomic E-state index is -0.854. The fourth-order valence-electron chi connectivity index (χ4n) is 1.03. The number of carbonyl (C=O) groups excluding carboxylic acids is 1. The molecule has 1 rings (SSSR count). The Morgan fingerprint density at radius 1 is 1.27 bits per heavy atom. The molecule has 80 valence electrons. The van der Waals surface area contributed by atoms with Crippen LogP contribution >= 0.6 is 11.8 Å². The molecule has 0 radical (unpaired) electrons. The molecule has 0 unspecified atom stereocenters. The van der Waals surface area contributed by atoms with Gasteiger partial charge in [0.05, 0.1) is 12.2 Å². The van der Waals surface area contributed by atoms with Crippen LogP contribution < -0.4 is 5.73 Å². The first-order valence-electron chi connectivity index (χ1n) is 4.30. The zero-order valence-corrected chi connectivity index (χ0v) is 8.79. The molecule has 5 heteroatoms. The van der Waals surface area contributed by atoms with Gasteiger partial charge in [-0.2, -0.15) is 0 Å². The van der Waals surface area contributed by atoms with Crippen molar-refractivity contribution in [2.45, 2.75) is 11.3 Å². The first-order chi connectivity index (χ1) is 7.08. The Kier molecular flexibility index (Phi) is 4.17. The maximum Gasteiger partial charge on any atom is 0.307 e. The van der Waals surface area contributed by atoms with Crippen molar-refractivity contribution < 1.29 is 14.7 Å². The van der Waals surface area contributed by atoms with Crippen LogP contribution in [0.1, 0.15) is 5.56 Å². The smallest absolute Gasteiger partial charge is 0.307 e. The first kappa shape index (κ1) is 11.6. The standard InChI is InChI=1S/C10H11NO3S/c11-9(12)6-15-8-3-1-7(2-4-8)5-10(13)14/h1-4H,5-6H2,(H2,11,12)(H,13,14).